The van der Waals surface area contributed by atoms with Crippen LogP contribution in [0.15, 0.2) is 12.4 Å². The molecule has 1 aromatic heterocycles. The van der Waals surface area contributed by atoms with Gasteiger partial charge >= 0.3 is 0 Å². The largest absolute Gasteiger partial charge is 0.338 e. The van der Waals surface area contributed by atoms with Crippen molar-refractivity contribution >= 4 is 0 Å². The SMILES string of the molecule is CC1CC(N)CN(CCc2nccn2C)C1. The normalized spacial score (nSPS) is 27.2. The maximum absolute atomic E-state index is 6.03. The summed E-state index contributed by atoms with van der Waals surface area (Å²) in [7, 11) is 2.05. The summed E-state index contributed by atoms with van der Waals surface area (Å²) in [4.78, 5) is 6.81. The monoisotopic (exact) mass is 222 g/mol. The van der Waals surface area contributed by atoms with Crippen molar-refractivity contribution in [3.05, 3.63) is 18.2 Å². The second kappa shape index (κ2) is 4.97. The Labute approximate surface area is 97.4 Å². The third-order valence-corrected chi connectivity index (χ3v) is 3.34. The number of aromatic nitrogens is 2. The van der Waals surface area contributed by atoms with Crippen LogP contribution in [-0.4, -0.2) is 40.1 Å². The highest BCUT2D eigenvalue weighted by molar-refractivity contribution is 4.92. The standard InChI is InChI=1S/C12H22N4/c1-10-7-11(13)9-16(8-10)5-3-12-14-4-6-15(12)2/h4,6,10-11H,3,5,7-9,13H2,1-2H3. The molecule has 1 fully saturated rings. The van der Waals surface area contributed by atoms with Crippen LogP contribution in [0.2, 0.25) is 0 Å². The van der Waals surface area contributed by atoms with Crippen LogP contribution < -0.4 is 5.73 Å². The van der Waals surface area contributed by atoms with Gasteiger partial charge in [0, 0.05) is 51.5 Å². The summed E-state index contributed by atoms with van der Waals surface area (Å²) in [6.07, 6.45) is 6.04. The van der Waals surface area contributed by atoms with E-state index >= 15 is 0 Å². The van der Waals surface area contributed by atoms with Crippen molar-refractivity contribution < 1.29 is 0 Å². The molecule has 0 bridgehead atoms. The number of nitrogens with two attached hydrogens (primary N) is 1. The van der Waals surface area contributed by atoms with Gasteiger partial charge in [-0.2, -0.15) is 0 Å². The first kappa shape index (κ1) is 11.6. The second-order valence-corrected chi connectivity index (χ2v) is 5.06. The molecule has 4 heteroatoms. The van der Waals surface area contributed by atoms with Gasteiger partial charge in [-0.3, -0.25) is 0 Å². The van der Waals surface area contributed by atoms with Gasteiger partial charge in [0.1, 0.15) is 5.82 Å². The zero-order chi connectivity index (χ0) is 11.5. The number of likely N-dealkylation sites (tertiary alicyclic amines) is 1. The van der Waals surface area contributed by atoms with Crippen LogP contribution in [0.1, 0.15) is 19.2 Å². The predicted molar refractivity (Wildman–Crippen MR) is 65.1 cm³/mol. The van der Waals surface area contributed by atoms with Crippen molar-refractivity contribution in [3.8, 4) is 0 Å². The molecule has 4 nitrogen and oxygen atoms in total. The molecule has 1 aliphatic heterocycles. The highest BCUT2D eigenvalue weighted by atomic mass is 15.2. The Balaban J connectivity index is 1.84. The zero-order valence-electron chi connectivity index (χ0n) is 10.3. The maximum atomic E-state index is 6.03. The van der Waals surface area contributed by atoms with E-state index in [-0.39, 0.29) is 0 Å². The quantitative estimate of drug-likeness (QED) is 0.816. The van der Waals surface area contributed by atoms with Gasteiger partial charge < -0.3 is 15.2 Å². The number of nitrogens with zero attached hydrogens (tertiary/aromatic N) is 3. The lowest BCUT2D eigenvalue weighted by atomic mass is 9.96. The van der Waals surface area contributed by atoms with Crippen molar-refractivity contribution in [1.29, 1.82) is 0 Å². The van der Waals surface area contributed by atoms with Gasteiger partial charge in [-0.25, -0.2) is 4.98 Å². The van der Waals surface area contributed by atoms with Gasteiger partial charge in [-0.05, 0) is 12.3 Å². The van der Waals surface area contributed by atoms with Gasteiger partial charge in [-0.1, -0.05) is 6.92 Å². The van der Waals surface area contributed by atoms with Crippen molar-refractivity contribution in [3.63, 3.8) is 0 Å². The molecule has 0 radical (unpaired) electrons. The molecule has 0 aliphatic carbocycles. The fourth-order valence-corrected chi connectivity index (χ4v) is 2.59. The minimum absolute atomic E-state index is 0.352. The number of aryl methyl sites for hydroxylation is 1. The molecular weight excluding hydrogens is 200 g/mol. The molecule has 0 spiro atoms. The number of rotatable bonds is 3. The summed E-state index contributed by atoms with van der Waals surface area (Å²) in [5.41, 5.74) is 6.03. The Hall–Kier alpha value is -0.870. The molecule has 2 rings (SSSR count). The van der Waals surface area contributed by atoms with E-state index < -0.39 is 0 Å². The highest BCUT2D eigenvalue weighted by Crippen LogP contribution is 2.15. The lowest BCUT2D eigenvalue weighted by molar-refractivity contribution is 0.166. The Bertz CT molecular complexity index is 324. The minimum Gasteiger partial charge on any atom is -0.338 e. The van der Waals surface area contributed by atoms with E-state index in [9.17, 15) is 0 Å². The summed E-state index contributed by atoms with van der Waals surface area (Å²) < 4.78 is 2.09. The Morgan fingerprint density at radius 3 is 2.94 bits per heavy atom. The second-order valence-electron chi connectivity index (χ2n) is 5.06. The number of hydrogen-bond donors (Lipinski definition) is 1. The van der Waals surface area contributed by atoms with Crippen LogP contribution in [0.25, 0.3) is 0 Å². The molecule has 1 aromatic rings. The van der Waals surface area contributed by atoms with Crippen LogP contribution in [0.4, 0.5) is 0 Å². The van der Waals surface area contributed by atoms with Crippen LogP contribution in [0.5, 0.6) is 0 Å². The maximum Gasteiger partial charge on any atom is 0.109 e. The van der Waals surface area contributed by atoms with Crippen molar-refractivity contribution in [1.82, 2.24) is 14.5 Å². The smallest absolute Gasteiger partial charge is 0.109 e. The average molecular weight is 222 g/mol. The van der Waals surface area contributed by atoms with Gasteiger partial charge in [0.05, 0.1) is 0 Å². The average Bonchev–Trinajstić information content (AvgIpc) is 2.59. The molecule has 2 unspecified atom stereocenters. The molecule has 0 saturated carbocycles. The summed E-state index contributed by atoms with van der Waals surface area (Å²) in [5, 5.41) is 0. The topological polar surface area (TPSA) is 47.1 Å². The van der Waals surface area contributed by atoms with Crippen molar-refractivity contribution in [2.45, 2.75) is 25.8 Å². The van der Waals surface area contributed by atoms with E-state index in [2.05, 4.69) is 21.4 Å². The molecule has 0 aromatic carbocycles. The van der Waals surface area contributed by atoms with Crippen molar-refractivity contribution in [2.24, 2.45) is 18.7 Å². The zero-order valence-corrected chi connectivity index (χ0v) is 10.3. The van der Waals surface area contributed by atoms with Gasteiger partial charge in [0.25, 0.3) is 0 Å². The van der Waals surface area contributed by atoms with E-state index in [1.165, 1.54) is 13.0 Å². The van der Waals surface area contributed by atoms with E-state index in [4.69, 9.17) is 5.73 Å². The Morgan fingerprint density at radius 1 is 1.50 bits per heavy atom. The molecule has 1 saturated heterocycles. The molecular formula is C12H22N4. The summed E-state index contributed by atoms with van der Waals surface area (Å²) in [6.45, 7) is 5.57. The predicted octanol–water partition coefficient (Wildman–Crippen LogP) is 0.632. The molecule has 2 atom stereocenters. The first-order chi connectivity index (χ1) is 7.65. The third kappa shape index (κ3) is 2.83. The third-order valence-electron chi connectivity index (χ3n) is 3.34. The fourth-order valence-electron chi connectivity index (χ4n) is 2.59. The van der Waals surface area contributed by atoms with Crippen molar-refractivity contribution in [2.75, 3.05) is 19.6 Å². The Morgan fingerprint density at radius 2 is 2.31 bits per heavy atom. The minimum atomic E-state index is 0.352. The molecule has 2 N–H and O–H groups in total. The first-order valence-corrected chi connectivity index (χ1v) is 6.09. The van der Waals surface area contributed by atoms with Crippen LogP contribution in [-0.2, 0) is 13.5 Å². The highest BCUT2D eigenvalue weighted by Gasteiger charge is 2.21. The lowest BCUT2D eigenvalue weighted by Gasteiger charge is -2.34. The summed E-state index contributed by atoms with van der Waals surface area (Å²) >= 11 is 0. The van der Waals surface area contributed by atoms with Gasteiger partial charge in [-0.15, -0.1) is 0 Å². The molecule has 1 aliphatic rings. The van der Waals surface area contributed by atoms with Crippen LogP contribution >= 0.6 is 0 Å². The molecule has 2 heterocycles. The Kier molecular flexibility index (Phi) is 3.61. The fraction of sp³-hybridized carbons (Fsp3) is 0.750. The lowest BCUT2D eigenvalue weighted by Crippen LogP contribution is -2.46. The molecule has 90 valence electrons. The van der Waals surface area contributed by atoms with E-state index in [1.807, 2.05) is 19.4 Å². The van der Waals surface area contributed by atoms with Crippen LogP contribution in [0.3, 0.4) is 0 Å². The first-order valence-electron chi connectivity index (χ1n) is 6.09. The van der Waals surface area contributed by atoms with Gasteiger partial charge in [0.2, 0.25) is 0 Å². The number of piperidine rings is 1. The summed E-state index contributed by atoms with van der Waals surface area (Å²) in [5.74, 6) is 1.89. The number of imidazole rings is 1. The summed E-state index contributed by atoms with van der Waals surface area (Å²) in [6, 6.07) is 0.352. The van der Waals surface area contributed by atoms with Crippen LogP contribution in [0, 0.1) is 5.92 Å². The van der Waals surface area contributed by atoms with E-state index in [0.29, 0.717) is 6.04 Å². The van der Waals surface area contributed by atoms with E-state index in [0.717, 1.165) is 31.3 Å². The molecule has 16 heavy (non-hydrogen) atoms. The molecule has 0 amide bonds. The number of hydrogen-bond acceptors (Lipinski definition) is 3. The van der Waals surface area contributed by atoms with E-state index in [1.54, 1.807) is 0 Å². The van der Waals surface area contributed by atoms with Gasteiger partial charge in [0.15, 0.2) is 0 Å².